The average Bonchev–Trinajstić information content (AvgIpc) is 2.62. The van der Waals surface area contributed by atoms with Crippen molar-refractivity contribution in [1.29, 1.82) is 0 Å². The summed E-state index contributed by atoms with van der Waals surface area (Å²) in [6, 6.07) is 32.1. The fourth-order valence-corrected chi connectivity index (χ4v) is 4.80. The van der Waals surface area contributed by atoms with Gasteiger partial charge in [-0.3, -0.25) is 0 Å². The van der Waals surface area contributed by atoms with E-state index >= 15 is 0 Å². The first kappa shape index (κ1) is 14.8. The molecule has 0 aliphatic heterocycles. The molecule has 0 atom stereocenters. The molecule has 0 spiro atoms. The molecule has 3 rings (SSSR count). The smallest absolute Gasteiger partial charge is 0.000749 e. The van der Waals surface area contributed by atoms with Gasteiger partial charge in [-0.1, -0.05) is 97.6 Å². The zero-order chi connectivity index (χ0) is 15.2. The lowest BCUT2D eigenvalue weighted by Crippen LogP contribution is -2.14. The molecule has 108 valence electrons. The van der Waals surface area contributed by atoms with Crippen LogP contribution >= 0.6 is 7.92 Å². The van der Waals surface area contributed by atoms with Crippen LogP contribution in [0, 0.1) is 0 Å². The molecule has 0 aliphatic rings. The summed E-state index contributed by atoms with van der Waals surface area (Å²) in [6.45, 7) is 4.33. The SMILES string of the molecule is C=C(CP(c1ccccc1)c1ccccc1)c1ccccc1. The topological polar surface area (TPSA) is 0 Å². The third-order valence-corrected chi connectivity index (χ3v) is 6.21. The highest BCUT2D eigenvalue weighted by atomic mass is 31.1. The Morgan fingerprint density at radius 2 is 1.05 bits per heavy atom. The van der Waals surface area contributed by atoms with E-state index in [0.717, 1.165) is 6.16 Å². The summed E-state index contributed by atoms with van der Waals surface area (Å²) in [5, 5.41) is 2.81. The number of hydrogen-bond acceptors (Lipinski definition) is 0. The molecule has 0 fully saturated rings. The van der Waals surface area contributed by atoms with Crippen LogP contribution in [0.15, 0.2) is 97.6 Å². The first-order valence-corrected chi connectivity index (χ1v) is 8.98. The molecule has 3 aromatic rings. The average molecular weight is 302 g/mol. The molecule has 22 heavy (non-hydrogen) atoms. The Labute approximate surface area is 133 Å². The molecule has 3 aromatic carbocycles. The number of rotatable bonds is 5. The van der Waals surface area contributed by atoms with Crippen LogP contribution < -0.4 is 10.6 Å². The molecule has 0 amide bonds. The fourth-order valence-electron chi connectivity index (χ4n) is 2.50. The Kier molecular flexibility index (Phi) is 4.83. The van der Waals surface area contributed by atoms with Crippen LogP contribution in [0.3, 0.4) is 0 Å². The third-order valence-electron chi connectivity index (χ3n) is 3.67. The Hall–Kier alpha value is -2.17. The van der Waals surface area contributed by atoms with Crippen LogP contribution in [-0.2, 0) is 0 Å². The molecule has 1 heteroatoms. The van der Waals surface area contributed by atoms with Gasteiger partial charge >= 0.3 is 0 Å². The van der Waals surface area contributed by atoms with E-state index in [9.17, 15) is 0 Å². The van der Waals surface area contributed by atoms with Gasteiger partial charge in [0.1, 0.15) is 0 Å². The van der Waals surface area contributed by atoms with E-state index in [1.807, 2.05) is 6.07 Å². The van der Waals surface area contributed by atoms with Gasteiger partial charge in [0, 0.05) is 6.16 Å². The van der Waals surface area contributed by atoms with Crippen LogP contribution in [0.5, 0.6) is 0 Å². The highest BCUT2D eigenvalue weighted by Gasteiger charge is 2.15. The van der Waals surface area contributed by atoms with Crippen molar-refractivity contribution in [1.82, 2.24) is 0 Å². The molecule has 0 heterocycles. The van der Waals surface area contributed by atoms with E-state index in [0.29, 0.717) is 0 Å². The standard InChI is InChI=1S/C21H19P/c1-18(19-11-5-2-6-12-19)17-22(20-13-7-3-8-14-20)21-15-9-4-10-16-21/h2-16H,1,17H2. The van der Waals surface area contributed by atoms with E-state index in [4.69, 9.17) is 0 Å². The summed E-state index contributed by atoms with van der Waals surface area (Å²) < 4.78 is 0. The molecule has 0 unspecified atom stereocenters. The van der Waals surface area contributed by atoms with Gasteiger partial charge in [0.15, 0.2) is 0 Å². The van der Waals surface area contributed by atoms with E-state index in [1.165, 1.54) is 21.7 Å². The molecule has 0 aromatic heterocycles. The van der Waals surface area contributed by atoms with E-state index < -0.39 is 7.92 Å². The molecule has 0 saturated heterocycles. The lowest BCUT2D eigenvalue weighted by molar-refractivity contribution is 1.58. The van der Waals surface area contributed by atoms with E-state index in [2.05, 4.69) is 91.5 Å². The highest BCUT2D eigenvalue weighted by Crippen LogP contribution is 2.37. The van der Waals surface area contributed by atoms with Gasteiger partial charge in [-0.15, -0.1) is 0 Å². The molecule has 0 aliphatic carbocycles. The van der Waals surface area contributed by atoms with Crippen molar-refractivity contribution < 1.29 is 0 Å². The van der Waals surface area contributed by atoms with Gasteiger partial charge < -0.3 is 0 Å². The van der Waals surface area contributed by atoms with Crippen molar-refractivity contribution in [3.63, 3.8) is 0 Å². The minimum atomic E-state index is -0.413. The molecular weight excluding hydrogens is 283 g/mol. The second-order valence-corrected chi connectivity index (χ2v) is 7.43. The maximum atomic E-state index is 4.33. The molecule has 0 saturated carbocycles. The Bertz CT molecular complexity index is 678. The van der Waals surface area contributed by atoms with Crippen molar-refractivity contribution in [2.24, 2.45) is 0 Å². The number of benzene rings is 3. The summed E-state index contributed by atoms with van der Waals surface area (Å²) in [5.41, 5.74) is 2.45. The van der Waals surface area contributed by atoms with Crippen LogP contribution in [0.4, 0.5) is 0 Å². The third kappa shape index (κ3) is 3.53. The van der Waals surface area contributed by atoms with Crippen molar-refractivity contribution in [2.45, 2.75) is 0 Å². The highest BCUT2D eigenvalue weighted by molar-refractivity contribution is 7.73. The van der Waals surface area contributed by atoms with Crippen molar-refractivity contribution in [3.8, 4) is 0 Å². The lowest BCUT2D eigenvalue weighted by Gasteiger charge is -2.20. The van der Waals surface area contributed by atoms with Crippen LogP contribution in [0.1, 0.15) is 5.56 Å². The summed E-state index contributed by atoms with van der Waals surface area (Å²) in [7, 11) is -0.413. The van der Waals surface area contributed by atoms with Crippen LogP contribution in [0.2, 0.25) is 0 Å². The van der Waals surface area contributed by atoms with E-state index in [-0.39, 0.29) is 0 Å². The summed E-state index contributed by atoms with van der Waals surface area (Å²) in [5.74, 6) is 0. The minimum absolute atomic E-state index is 0.413. The second-order valence-electron chi connectivity index (χ2n) is 5.23. The summed E-state index contributed by atoms with van der Waals surface area (Å²) >= 11 is 0. The monoisotopic (exact) mass is 302 g/mol. The van der Waals surface area contributed by atoms with Gasteiger partial charge in [0.2, 0.25) is 0 Å². The van der Waals surface area contributed by atoms with Gasteiger partial charge in [0.05, 0.1) is 0 Å². The number of hydrogen-bond donors (Lipinski definition) is 0. The zero-order valence-corrected chi connectivity index (χ0v) is 13.4. The van der Waals surface area contributed by atoms with Crippen LogP contribution in [0.25, 0.3) is 5.57 Å². The first-order chi connectivity index (χ1) is 10.8. The van der Waals surface area contributed by atoms with Gasteiger partial charge in [-0.05, 0) is 29.7 Å². The minimum Gasteiger partial charge on any atom is -0.0949 e. The first-order valence-electron chi connectivity index (χ1n) is 7.45. The molecule has 0 bridgehead atoms. The summed E-state index contributed by atoms with van der Waals surface area (Å²) in [4.78, 5) is 0. The Morgan fingerprint density at radius 3 is 1.50 bits per heavy atom. The predicted octanol–water partition coefficient (Wildman–Crippen LogP) is 4.83. The largest absolute Gasteiger partial charge is 0.0949 e. The van der Waals surface area contributed by atoms with Crippen molar-refractivity contribution in [3.05, 3.63) is 103 Å². The normalized spacial score (nSPS) is 10.6. The second kappa shape index (κ2) is 7.20. The molecule has 0 radical (unpaired) electrons. The van der Waals surface area contributed by atoms with Gasteiger partial charge in [0.25, 0.3) is 0 Å². The van der Waals surface area contributed by atoms with Crippen LogP contribution in [-0.4, -0.2) is 6.16 Å². The molecular formula is C21H19P. The fraction of sp³-hybridized carbons (Fsp3) is 0.0476. The lowest BCUT2D eigenvalue weighted by atomic mass is 10.1. The summed E-state index contributed by atoms with van der Waals surface area (Å²) in [6.07, 6.45) is 0.993. The zero-order valence-electron chi connectivity index (χ0n) is 12.5. The Balaban J connectivity index is 1.91. The van der Waals surface area contributed by atoms with Gasteiger partial charge in [-0.2, -0.15) is 0 Å². The van der Waals surface area contributed by atoms with E-state index in [1.54, 1.807) is 0 Å². The Morgan fingerprint density at radius 1 is 0.636 bits per heavy atom. The van der Waals surface area contributed by atoms with Crippen molar-refractivity contribution in [2.75, 3.05) is 6.16 Å². The molecule has 0 nitrogen and oxygen atoms in total. The quantitative estimate of drug-likeness (QED) is 0.592. The maximum Gasteiger partial charge on any atom is 0.000749 e. The number of allylic oxidation sites excluding steroid dienone is 1. The maximum absolute atomic E-state index is 4.33. The molecule has 0 N–H and O–H groups in total. The predicted molar refractivity (Wildman–Crippen MR) is 99.4 cm³/mol. The van der Waals surface area contributed by atoms with Crippen molar-refractivity contribution >= 4 is 24.1 Å². The van der Waals surface area contributed by atoms with Gasteiger partial charge in [-0.25, -0.2) is 0 Å².